The maximum Gasteiger partial charge on any atom is 0.284 e. The Balaban J connectivity index is 2.06. The number of nitrogens with zero attached hydrogens (tertiary/aromatic N) is 1. The van der Waals surface area contributed by atoms with E-state index in [0.29, 0.717) is 17.1 Å². The molecular formula is C17H23N3O3S. The van der Waals surface area contributed by atoms with E-state index in [1.54, 1.807) is 11.5 Å². The molecule has 1 aromatic carbocycles. The zero-order chi connectivity index (χ0) is 17.5. The number of nitrogens with one attached hydrogen (secondary N) is 2. The highest BCUT2D eigenvalue weighted by Gasteiger charge is 2.12. The first-order chi connectivity index (χ1) is 11.6. The number of hydroxylamine groups is 1. The maximum absolute atomic E-state index is 12.2. The summed E-state index contributed by atoms with van der Waals surface area (Å²) in [5.74, 6) is -0.573. The third kappa shape index (κ3) is 4.77. The topological polar surface area (TPSA) is 81.7 Å². The van der Waals surface area contributed by atoms with Gasteiger partial charge in [-0.2, -0.15) is 0 Å². The summed E-state index contributed by atoms with van der Waals surface area (Å²) in [4.78, 5) is 26.3. The highest BCUT2D eigenvalue weighted by Crippen LogP contribution is 2.28. The fourth-order valence-corrected chi connectivity index (χ4v) is 3.53. The fourth-order valence-electron chi connectivity index (χ4n) is 2.59. The Morgan fingerprint density at radius 2 is 1.88 bits per heavy atom. The van der Waals surface area contributed by atoms with Crippen LogP contribution in [0.1, 0.15) is 36.4 Å². The summed E-state index contributed by atoms with van der Waals surface area (Å²) in [5, 5.41) is 12.5. The number of thiophene rings is 1. The van der Waals surface area contributed by atoms with Gasteiger partial charge in [-0.15, -0.1) is 11.3 Å². The van der Waals surface area contributed by atoms with Crippen molar-refractivity contribution in [2.45, 2.75) is 26.7 Å². The molecule has 6 nitrogen and oxygen atoms in total. The van der Waals surface area contributed by atoms with Gasteiger partial charge in [-0.1, -0.05) is 13.8 Å². The monoisotopic (exact) mass is 349 g/mol. The van der Waals surface area contributed by atoms with E-state index < -0.39 is 5.91 Å². The van der Waals surface area contributed by atoms with E-state index in [0.717, 1.165) is 36.0 Å². The average Bonchev–Trinajstić information content (AvgIpc) is 2.97. The van der Waals surface area contributed by atoms with Gasteiger partial charge in [-0.05, 0) is 55.6 Å². The molecule has 0 saturated heterocycles. The van der Waals surface area contributed by atoms with Crippen molar-refractivity contribution in [2.75, 3.05) is 25.0 Å². The molecular weight excluding hydrogens is 326 g/mol. The molecule has 2 aromatic rings. The van der Waals surface area contributed by atoms with Crippen LogP contribution >= 0.6 is 11.3 Å². The van der Waals surface area contributed by atoms with Crippen LogP contribution < -0.4 is 10.8 Å². The molecule has 3 N–H and O–H groups in total. The van der Waals surface area contributed by atoms with Gasteiger partial charge in [0.05, 0.1) is 11.4 Å². The van der Waals surface area contributed by atoms with Crippen molar-refractivity contribution in [3.8, 4) is 0 Å². The number of rotatable bonds is 8. The predicted molar refractivity (Wildman–Crippen MR) is 96.7 cm³/mol. The molecule has 0 bridgehead atoms. The molecule has 2 amide bonds. The molecule has 0 saturated carbocycles. The van der Waals surface area contributed by atoms with Crippen LogP contribution in [0.2, 0.25) is 0 Å². The van der Waals surface area contributed by atoms with E-state index in [1.807, 2.05) is 18.2 Å². The van der Waals surface area contributed by atoms with Gasteiger partial charge in [-0.25, -0.2) is 5.48 Å². The molecule has 130 valence electrons. The fraction of sp³-hybridized carbons (Fsp3) is 0.412. The van der Waals surface area contributed by atoms with E-state index in [2.05, 4.69) is 24.1 Å². The standard InChI is InChI=1S/C17H23N3O3S/c1-3-7-20(8-4-2)11-16(21)18-13-5-6-14-12(9-13)10-15(24-14)17(22)19-23/h5-6,9-10,23H,3-4,7-8,11H2,1-2H3,(H,18,21)(H,19,22). The van der Waals surface area contributed by atoms with Crippen molar-refractivity contribution >= 4 is 38.9 Å². The first-order valence-corrected chi connectivity index (χ1v) is 8.89. The van der Waals surface area contributed by atoms with Crippen LogP contribution in [0.3, 0.4) is 0 Å². The minimum atomic E-state index is -0.531. The Hall–Kier alpha value is -1.96. The molecule has 0 spiro atoms. The summed E-state index contributed by atoms with van der Waals surface area (Å²) in [6.07, 6.45) is 2.04. The summed E-state index contributed by atoms with van der Waals surface area (Å²) in [5.41, 5.74) is 2.33. The molecule has 0 aliphatic heterocycles. The molecule has 0 unspecified atom stereocenters. The SMILES string of the molecule is CCCN(CCC)CC(=O)Nc1ccc2sc(C(=O)NO)cc2c1. The third-order valence-electron chi connectivity index (χ3n) is 3.57. The molecule has 0 aliphatic carbocycles. The summed E-state index contributed by atoms with van der Waals surface area (Å²) < 4.78 is 0.921. The highest BCUT2D eigenvalue weighted by molar-refractivity contribution is 7.20. The van der Waals surface area contributed by atoms with Crippen LogP contribution in [0.25, 0.3) is 10.1 Å². The molecule has 2 rings (SSSR count). The van der Waals surface area contributed by atoms with Crippen LogP contribution in [0.15, 0.2) is 24.3 Å². The molecule has 0 atom stereocenters. The zero-order valence-corrected chi connectivity index (χ0v) is 14.8. The Kier molecular flexibility index (Phi) is 6.72. The summed E-state index contributed by atoms with van der Waals surface area (Å²) >= 11 is 1.29. The Morgan fingerprint density at radius 3 is 2.50 bits per heavy atom. The van der Waals surface area contributed by atoms with Crippen molar-refractivity contribution in [1.82, 2.24) is 10.4 Å². The lowest BCUT2D eigenvalue weighted by Crippen LogP contribution is -2.34. The second-order valence-electron chi connectivity index (χ2n) is 5.63. The Morgan fingerprint density at radius 1 is 1.17 bits per heavy atom. The van der Waals surface area contributed by atoms with E-state index in [4.69, 9.17) is 5.21 Å². The van der Waals surface area contributed by atoms with Gasteiger partial charge in [0.25, 0.3) is 5.91 Å². The van der Waals surface area contributed by atoms with E-state index in [-0.39, 0.29) is 5.91 Å². The van der Waals surface area contributed by atoms with Crippen molar-refractivity contribution in [3.05, 3.63) is 29.1 Å². The van der Waals surface area contributed by atoms with E-state index in [1.165, 1.54) is 11.3 Å². The number of hydrogen-bond acceptors (Lipinski definition) is 5. The van der Waals surface area contributed by atoms with Gasteiger partial charge in [0.15, 0.2) is 0 Å². The number of carbonyl (C=O) groups excluding carboxylic acids is 2. The number of benzene rings is 1. The molecule has 1 heterocycles. The largest absolute Gasteiger partial charge is 0.325 e. The van der Waals surface area contributed by atoms with Crippen LogP contribution in [-0.4, -0.2) is 41.6 Å². The van der Waals surface area contributed by atoms with Gasteiger partial charge >= 0.3 is 0 Å². The molecule has 1 aromatic heterocycles. The second kappa shape index (κ2) is 8.77. The predicted octanol–water partition coefficient (Wildman–Crippen LogP) is 3.08. The first kappa shape index (κ1) is 18.4. The normalized spacial score (nSPS) is 11.0. The van der Waals surface area contributed by atoms with Crippen LogP contribution in [0, 0.1) is 0 Å². The van der Waals surface area contributed by atoms with Crippen molar-refractivity contribution in [2.24, 2.45) is 0 Å². The van der Waals surface area contributed by atoms with Gasteiger partial charge < -0.3 is 5.32 Å². The summed E-state index contributed by atoms with van der Waals surface area (Å²) in [7, 11) is 0. The van der Waals surface area contributed by atoms with E-state index >= 15 is 0 Å². The van der Waals surface area contributed by atoms with Gasteiger partial charge in [0.2, 0.25) is 5.91 Å². The van der Waals surface area contributed by atoms with Crippen molar-refractivity contribution in [3.63, 3.8) is 0 Å². The number of fused-ring (bicyclic) bond motifs is 1. The smallest absolute Gasteiger partial charge is 0.284 e. The van der Waals surface area contributed by atoms with Gasteiger partial charge in [-0.3, -0.25) is 19.7 Å². The summed E-state index contributed by atoms with van der Waals surface area (Å²) in [6, 6.07) is 7.21. The van der Waals surface area contributed by atoms with Crippen molar-refractivity contribution < 1.29 is 14.8 Å². The van der Waals surface area contributed by atoms with Crippen LogP contribution in [0.5, 0.6) is 0 Å². The van der Waals surface area contributed by atoms with E-state index in [9.17, 15) is 9.59 Å². The lowest BCUT2D eigenvalue weighted by molar-refractivity contribution is -0.117. The van der Waals surface area contributed by atoms with Gasteiger partial charge in [0.1, 0.15) is 0 Å². The summed E-state index contributed by atoms with van der Waals surface area (Å²) in [6.45, 7) is 6.40. The second-order valence-corrected chi connectivity index (χ2v) is 6.71. The molecule has 0 aliphatic rings. The first-order valence-electron chi connectivity index (χ1n) is 8.07. The number of carbonyl (C=O) groups is 2. The van der Waals surface area contributed by atoms with Crippen LogP contribution in [-0.2, 0) is 4.79 Å². The maximum atomic E-state index is 12.2. The molecule has 7 heteroatoms. The minimum absolute atomic E-state index is 0.0418. The number of hydrogen-bond donors (Lipinski definition) is 3. The van der Waals surface area contributed by atoms with Gasteiger partial charge in [0, 0.05) is 10.4 Å². The Bertz CT molecular complexity index is 708. The third-order valence-corrected chi connectivity index (χ3v) is 4.69. The minimum Gasteiger partial charge on any atom is -0.325 e. The highest BCUT2D eigenvalue weighted by atomic mass is 32.1. The Labute approximate surface area is 145 Å². The lowest BCUT2D eigenvalue weighted by Gasteiger charge is -2.20. The lowest BCUT2D eigenvalue weighted by atomic mass is 10.2. The van der Waals surface area contributed by atoms with Crippen LogP contribution in [0.4, 0.5) is 5.69 Å². The molecule has 24 heavy (non-hydrogen) atoms. The average molecular weight is 349 g/mol. The number of amides is 2. The number of anilines is 1. The van der Waals surface area contributed by atoms with Crippen molar-refractivity contribution in [1.29, 1.82) is 0 Å². The quantitative estimate of drug-likeness (QED) is 0.505. The zero-order valence-electron chi connectivity index (χ0n) is 14.0. The molecule has 0 radical (unpaired) electrons. The molecule has 0 fully saturated rings.